The number of nitrogens with zero attached hydrogens (tertiary/aromatic N) is 3. The highest BCUT2D eigenvalue weighted by Crippen LogP contribution is 2.32. The van der Waals surface area contributed by atoms with Gasteiger partial charge in [-0.25, -0.2) is 14.4 Å². The van der Waals surface area contributed by atoms with E-state index in [1.807, 2.05) is 49.9 Å². The predicted octanol–water partition coefficient (Wildman–Crippen LogP) is 3.84. The van der Waals surface area contributed by atoms with E-state index in [1.54, 1.807) is 14.0 Å². The topological polar surface area (TPSA) is 94.2 Å². The van der Waals surface area contributed by atoms with Crippen molar-refractivity contribution in [3.8, 4) is 0 Å². The Kier molecular flexibility index (Phi) is 9.23. The van der Waals surface area contributed by atoms with E-state index in [-0.39, 0.29) is 24.2 Å². The highest BCUT2D eigenvalue weighted by atomic mass is 16.5. The maximum atomic E-state index is 13.3. The number of carbonyl (C=O) groups is 3. The number of rotatable bonds is 6. The lowest BCUT2D eigenvalue weighted by atomic mass is 9.92. The Labute approximate surface area is 221 Å². The van der Waals surface area contributed by atoms with Gasteiger partial charge in [-0.05, 0) is 51.2 Å². The maximum Gasteiger partial charge on any atom is 0.338 e. The zero-order valence-corrected chi connectivity index (χ0v) is 23.4. The van der Waals surface area contributed by atoms with Gasteiger partial charge < -0.3 is 20.3 Å². The minimum Gasteiger partial charge on any atom is -0.463 e. The molecule has 2 heterocycles. The molecule has 0 bridgehead atoms. The van der Waals surface area contributed by atoms with Gasteiger partial charge in [-0.3, -0.25) is 9.80 Å². The van der Waals surface area contributed by atoms with Crippen LogP contribution in [0, 0.1) is 0 Å². The van der Waals surface area contributed by atoms with E-state index in [9.17, 15) is 14.4 Å². The summed E-state index contributed by atoms with van der Waals surface area (Å²) in [5.41, 5.74) is 2.81. The van der Waals surface area contributed by atoms with E-state index in [0.29, 0.717) is 43.4 Å². The summed E-state index contributed by atoms with van der Waals surface area (Å²) in [4.78, 5) is 44.5. The van der Waals surface area contributed by atoms with Crippen molar-refractivity contribution in [3.63, 3.8) is 0 Å². The van der Waals surface area contributed by atoms with Crippen molar-refractivity contribution in [3.05, 3.63) is 46.7 Å². The Hall–Kier alpha value is -3.07. The third-order valence-electron chi connectivity index (χ3n) is 6.74. The van der Waals surface area contributed by atoms with Crippen molar-refractivity contribution in [2.24, 2.45) is 0 Å². The van der Waals surface area contributed by atoms with Crippen LogP contribution in [-0.4, -0.2) is 84.6 Å². The molecule has 9 nitrogen and oxygen atoms in total. The summed E-state index contributed by atoms with van der Waals surface area (Å²) in [6.45, 7) is 15.2. The second-order valence-corrected chi connectivity index (χ2v) is 11.1. The standard InChI is InChI=1S/C28H43N5O4/c1-8-37-25(34)23-22(18-32-14-9-15-33(17-16-32)27(36)30-28(4,5)6)31(7)26(35)29-24(23)21-12-10-20(11-13-21)19(2)3/h10-13,19,24H,8-9,14-18H2,1-7H3,(H,29,35)(H,30,36)/t24-/m1/s1. The van der Waals surface area contributed by atoms with Gasteiger partial charge in [0.1, 0.15) is 0 Å². The smallest absolute Gasteiger partial charge is 0.338 e. The van der Waals surface area contributed by atoms with Crippen molar-refractivity contribution in [1.29, 1.82) is 0 Å². The molecule has 1 saturated heterocycles. The molecule has 3 rings (SSSR count). The summed E-state index contributed by atoms with van der Waals surface area (Å²) in [5, 5.41) is 6.03. The molecule has 2 N–H and O–H groups in total. The van der Waals surface area contributed by atoms with Crippen LogP contribution in [0.2, 0.25) is 0 Å². The summed E-state index contributed by atoms with van der Waals surface area (Å²) in [6, 6.07) is 7.10. The average molecular weight is 514 g/mol. The van der Waals surface area contributed by atoms with Crippen LogP contribution in [0.4, 0.5) is 9.59 Å². The van der Waals surface area contributed by atoms with E-state index in [0.717, 1.165) is 18.5 Å². The SMILES string of the molecule is CCOC(=O)C1=C(CN2CCCN(C(=O)NC(C)(C)C)CC2)N(C)C(=O)N[C@@H]1c1ccc(C(C)C)cc1. The molecule has 9 heteroatoms. The molecule has 204 valence electrons. The molecule has 1 aromatic rings. The Balaban J connectivity index is 1.89. The number of likely N-dealkylation sites (N-methyl/N-ethyl adjacent to an activating group) is 1. The number of carbonyl (C=O) groups excluding carboxylic acids is 3. The highest BCUT2D eigenvalue weighted by molar-refractivity contribution is 5.95. The fraction of sp³-hybridized carbons (Fsp3) is 0.607. The molecule has 1 fully saturated rings. The first kappa shape index (κ1) is 28.5. The van der Waals surface area contributed by atoms with Crippen molar-refractivity contribution >= 4 is 18.0 Å². The van der Waals surface area contributed by atoms with Gasteiger partial charge in [0.2, 0.25) is 0 Å². The molecule has 0 spiro atoms. The third-order valence-corrected chi connectivity index (χ3v) is 6.74. The number of benzene rings is 1. The molecule has 1 aromatic carbocycles. The molecule has 0 aromatic heterocycles. The van der Waals surface area contributed by atoms with E-state index in [4.69, 9.17) is 4.74 Å². The van der Waals surface area contributed by atoms with Gasteiger partial charge in [-0.2, -0.15) is 0 Å². The maximum absolute atomic E-state index is 13.3. The molecule has 2 aliphatic heterocycles. The van der Waals surface area contributed by atoms with E-state index < -0.39 is 12.0 Å². The number of hydrogen-bond donors (Lipinski definition) is 2. The molecule has 1 atom stereocenters. The first-order valence-electron chi connectivity index (χ1n) is 13.2. The van der Waals surface area contributed by atoms with Crippen LogP contribution in [-0.2, 0) is 9.53 Å². The van der Waals surface area contributed by atoms with Gasteiger partial charge in [-0.1, -0.05) is 38.1 Å². The lowest BCUT2D eigenvalue weighted by molar-refractivity contribution is -0.139. The minimum absolute atomic E-state index is 0.0696. The van der Waals surface area contributed by atoms with Crippen LogP contribution in [0.15, 0.2) is 35.5 Å². The highest BCUT2D eigenvalue weighted by Gasteiger charge is 2.37. The van der Waals surface area contributed by atoms with Crippen LogP contribution in [0.3, 0.4) is 0 Å². The fourth-order valence-corrected chi connectivity index (χ4v) is 4.67. The number of hydrogen-bond acceptors (Lipinski definition) is 5. The van der Waals surface area contributed by atoms with Gasteiger partial charge in [0.05, 0.1) is 18.2 Å². The Morgan fingerprint density at radius 3 is 2.38 bits per heavy atom. The summed E-state index contributed by atoms with van der Waals surface area (Å²) >= 11 is 0. The fourth-order valence-electron chi connectivity index (χ4n) is 4.67. The molecular weight excluding hydrogens is 470 g/mol. The largest absolute Gasteiger partial charge is 0.463 e. The van der Waals surface area contributed by atoms with Crippen LogP contribution < -0.4 is 10.6 Å². The predicted molar refractivity (Wildman–Crippen MR) is 144 cm³/mol. The molecular formula is C28H43N5O4. The van der Waals surface area contributed by atoms with Crippen molar-refractivity contribution in [2.45, 2.75) is 65.5 Å². The van der Waals surface area contributed by atoms with E-state index >= 15 is 0 Å². The van der Waals surface area contributed by atoms with Crippen LogP contribution in [0.1, 0.15) is 71.0 Å². The number of ether oxygens (including phenoxy) is 1. The monoisotopic (exact) mass is 513 g/mol. The Bertz CT molecular complexity index is 1010. The molecule has 37 heavy (non-hydrogen) atoms. The lowest BCUT2D eigenvalue weighted by Gasteiger charge is -2.36. The van der Waals surface area contributed by atoms with Gasteiger partial charge in [0.15, 0.2) is 0 Å². The zero-order valence-electron chi connectivity index (χ0n) is 23.4. The number of amides is 4. The Morgan fingerprint density at radius 2 is 1.78 bits per heavy atom. The van der Waals surface area contributed by atoms with Crippen LogP contribution in [0.5, 0.6) is 0 Å². The third kappa shape index (κ3) is 7.25. The van der Waals surface area contributed by atoms with Crippen LogP contribution in [0.25, 0.3) is 0 Å². The van der Waals surface area contributed by atoms with E-state index in [2.05, 4.69) is 29.4 Å². The van der Waals surface area contributed by atoms with Gasteiger partial charge in [0, 0.05) is 51.0 Å². The normalized spacial score (nSPS) is 19.6. The van der Waals surface area contributed by atoms with Crippen molar-refractivity contribution in [1.82, 2.24) is 25.3 Å². The summed E-state index contributed by atoms with van der Waals surface area (Å²) in [5.74, 6) is -0.0480. The van der Waals surface area contributed by atoms with Crippen LogP contribution >= 0.6 is 0 Å². The summed E-state index contributed by atoms with van der Waals surface area (Å²) in [6.07, 6.45) is 0.801. The summed E-state index contributed by atoms with van der Waals surface area (Å²) < 4.78 is 5.46. The second-order valence-electron chi connectivity index (χ2n) is 11.1. The van der Waals surface area contributed by atoms with Crippen molar-refractivity contribution < 1.29 is 19.1 Å². The quantitative estimate of drug-likeness (QED) is 0.564. The van der Waals surface area contributed by atoms with Gasteiger partial charge in [-0.15, -0.1) is 0 Å². The van der Waals surface area contributed by atoms with Gasteiger partial charge in [0.25, 0.3) is 0 Å². The molecule has 0 radical (unpaired) electrons. The number of urea groups is 2. The van der Waals surface area contributed by atoms with Crippen molar-refractivity contribution in [2.75, 3.05) is 46.4 Å². The molecule has 2 aliphatic rings. The first-order valence-corrected chi connectivity index (χ1v) is 13.2. The minimum atomic E-state index is -0.597. The summed E-state index contributed by atoms with van der Waals surface area (Å²) in [7, 11) is 1.68. The molecule has 4 amide bonds. The second kappa shape index (κ2) is 12.0. The van der Waals surface area contributed by atoms with E-state index in [1.165, 1.54) is 10.5 Å². The Morgan fingerprint density at radius 1 is 1.11 bits per heavy atom. The number of esters is 1. The average Bonchev–Trinajstić information content (AvgIpc) is 3.06. The number of nitrogens with one attached hydrogen (secondary N) is 2. The van der Waals surface area contributed by atoms with Gasteiger partial charge >= 0.3 is 18.0 Å². The lowest BCUT2D eigenvalue weighted by Crippen LogP contribution is -2.50. The molecule has 0 saturated carbocycles. The molecule has 0 unspecified atom stereocenters. The first-order chi connectivity index (χ1) is 17.4. The zero-order chi connectivity index (χ0) is 27.3. The molecule has 0 aliphatic carbocycles.